The summed E-state index contributed by atoms with van der Waals surface area (Å²) in [6.45, 7) is 0. The maximum Gasteiger partial charge on any atom is 0.216 e. The zero-order chi connectivity index (χ0) is 11.7. The monoisotopic (exact) mass is 243 g/mol. The van der Waals surface area contributed by atoms with Gasteiger partial charge in [0, 0.05) is 22.7 Å². The molecule has 0 saturated carbocycles. The molecular formula is C11H9N5S. The lowest BCUT2D eigenvalue weighted by molar-refractivity contribution is 0.863. The van der Waals surface area contributed by atoms with Crippen molar-refractivity contribution >= 4 is 29.3 Å². The average molecular weight is 243 g/mol. The van der Waals surface area contributed by atoms with Gasteiger partial charge in [0.1, 0.15) is 6.33 Å². The zero-order valence-electron chi connectivity index (χ0n) is 8.79. The van der Waals surface area contributed by atoms with Crippen molar-refractivity contribution < 1.29 is 0 Å². The molecule has 0 radical (unpaired) electrons. The van der Waals surface area contributed by atoms with Crippen molar-refractivity contribution in [1.29, 1.82) is 0 Å². The fraction of sp³-hybridized carbons (Fsp3) is 0. The van der Waals surface area contributed by atoms with Crippen molar-refractivity contribution in [3.8, 4) is 0 Å². The molecule has 0 amide bonds. The van der Waals surface area contributed by atoms with Gasteiger partial charge in [0.25, 0.3) is 0 Å². The molecule has 0 fully saturated rings. The van der Waals surface area contributed by atoms with Crippen LogP contribution < -0.4 is 0 Å². The van der Waals surface area contributed by atoms with Crippen LogP contribution in [0.5, 0.6) is 0 Å². The van der Waals surface area contributed by atoms with Crippen molar-refractivity contribution in [2.45, 2.75) is 0 Å². The lowest BCUT2D eigenvalue weighted by Gasteiger charge is -1.91. The zero-order valence-corrected chi connectivity index (χ0v) is 9.61. The Bertz CT molecular complexity index is 733. The fourth-order valence-electron chi connectivity index (χ4n) is 1.65. The van der Waals surface area contributed by atoms with Gasteiger partial charge < -0.3 is 4.98 Å². The quantitative estimate of drug-likeness (QED) is 0.536. The molecule has 5 nitrogen and oxygen atoms in total. The minimum Gasteiger partial charge on any atom is -0.361 e. The molecule has 84 valence electrons. The summed E-state index contributed by atoms with van der Waals surface area (Å²) < 4.78 is 1.98. The lowest BCUT2D eigenvalue weighted by Crippen LogP contribution is -1.88. The van der Waals surface area contributed by atoms with Crippen LogP contribution in [0.15, 0.2) is 41.9 Å². The number of aromatic amines is 2. The molecular weight excluding hydrogens is 234 g/mol. The average Bonchev–Trinajstić information content (AvgIpc) is 2.93. The van der Waals surface area contributed by atoms with E-state index in [0.29, 0.717) is 4.77 Å². The number of rotatable bonds is 2. The predicted molar refractivity (Wildman–Crippen MR) is 68.7 cm³/mol. The molecule has 2 heterocycles. The van der Waals surface area contributed by atoms with Crippen molar-refractivity contribution in [2.75, 3.05) is 0 Å². The molecule has 2 aromatic heterocycles. The molecule has 0 bridgehead atoms. The van der Waals surface area contributed by atoms with Crippen molar-refractivity contribution in [3.05, 3.63) is 47.1 Å². The van der Waals surface area contributed by atoms with E-state index in [2.05, 4.69) is 20.3 Å². The van der Waals surface area contributed by atoms with Gasteiger partial charge in [-0.3, -0.25) is 5.10 Å². The second-order valence-corrected chi connectivity index (χ2v) is 3.93. The van der Waals surface area contributed by atoms with Gasteiger partial charge in [-0.2, -0.15) is 14.9 Å². The van der Waals surface area contributed by atoms with E-state index in [9.17, 15) is 0 Å². The summed E-state index contributed by atoms with van der Waals surface area (Å²) in [6, 6.07) is 8.06. The number of hydrogen-bond donors (Lipinski definition) is 2. The molecule has 0 aliphatic heterocycles. The molecule has 3 rings (SSSR count). The Morgan fingerprint density at radius 2 is 2.24 bits per heavy atom. The predicted octanol–water partition coefficient (Wildman–Crippen LogP) is 2.30. The minimum atomic E-state index is 0.473. The standard InChI is InChI=1S/C11H9N5S/c17-11-15-13-7-16(11)14-6-8-5-12-10-4-2-1-3-9(8)10/h1-7,12H,(H,15,17). The topological polar surface area (TPSA) is 61.8 Å². The number of nitrogens with one attached hydrogen (secondary N) is 2. The highest BCUT2D eigenvalue weighted by Crippen LogP contribution is 2.15. The van der Waals surface area contributed by atoms with Crippen LogP contribution in [0.2, 0.25) is 0 Å². The first kappa shape index (κ1) is 9.98. The molecule has 1 aromatic carbocycles. The van der Waals surface area contributed by atoms with Gasteiger partial charge in [0.2, 0.25) is 4.77 Å². The van der Waals surface area contributed by atoms with Crippen molar-refractivity contribution in [2.24, 2.45) is 5.10 Å². The third-order valence-corrected chi connectivity index (χ3v) is 2.76. The third kappa shape index (κ3) is 1.78. The maximum atomic E-state index is 5.00. The Kier molecular flexibility index (Phi) is 2.34. The smallest absolute Gasteiger partial charge is 0.216 e. The first-order valence-corrected chi connectivity index (χ1v) is 5.48. The van der Waals surface area contributed by atoms with Crippen LogP contribution in [-0.2, 0) is 0 Å². The molecule has 17 heavy (non-hydrogen) atoms. The summed E-state index contributed by atoms with van der Waals surface area (Å²) in [4.78, 5) is 3.18. The van der Waals surface area contributed by atoms with Crippen LogP contribution in [0.4, 0.5) is 0 Å². The van der Waals surface area contributed by atoms with Crippen LogP contribution in [0.3, 0.4) is 0 Å². The third-order valence-electron chi connectivity index (χ3n) is 2.48. The number of fused-ring (bicyclic) bond motifs is 1. The molecule has 0 aliphatic carbocycles. The van der Waals surface area contributed by atoms with E-state index < -0.39 is 0 Å². The van der Waals surface area contributed by atoms with E-state index in [1.165, 1.54) is 11.0 Å². The summed E-state index contributed by atoms with van der Waals surface area (Å²) in [6.07, 6.45) is 5.20. The van der Waals surface area contributed by atoms with E-state index in [0.717, 1.165) is 16.5 Å². The number of benzene rings is 1. The largest absolute Gasteiger partial charge is 0.361 e. The highest BCUT2D eigenvalue weighted by molar-refractivity contribution is 7.71. The van der Waals surface area contributed by atoms with E-state index in [4.69, 9.17) is 12.2 Å². The van der Waals surface area contributed by atoms with Gasteiger partial charge in [-0.1, -0.05) is 18.2 Å². The van der Waals surface area contributed by atoms with E-state index in [1.807, 2.05) is 30.5 Å². The first-order chi connectivity index (χ1) is 8.34. The highest BCUT2D eigenvalue weighted by Gasteiger charge is 1.99. The maximum absolute atomic E-state index is 5.00. The summed E-state index contributed by atoms with van der Waals surface area (Å²) in [5.74, 6) is 0. The van der Waals surface area contributed by atoms with Crippen LogP contribution >= 0.6 is 12.2 Å². The van der Waals surface area contributed by atoms with Crippen molar-refractivity contribution in [3.63, 3.8) is 0 Å². The molecule has 0 atom stereocenters. The highest BCUT2D eigenvalue weighted by atomic mass is 32.1. The number of nitrogens with zero attached hydrogens (tertiary/aromatic N) is 3. The van der Waals surface area contributed by atoms with Gasteiger partial charge in [0.05, 0.1) is 6.21 Å². The van der Waals surface area contributed by atoms with Crippen LogP contribution in [0, 0.1) is 4.77 Å². The molecule has 0 saturated heterocycles. The van der Waals surface area contributed by atoms with Gasteiger partial charge in [0.15, 0.2) is 0 Å². The van der Waals surface area contributed by atoms with E-state index in [-0.39, 0.29) is 0 Å². The Balaban J connectivity index is 2.03. The Morgan fingerprint density at radius 1 is 1.35 bits per heavy atom. The first-order valence-electron chi connectivity index (χ1n) is 5.07. The minimum absolute atomic E-state index is 0.473. The Labute approximate surface area is 102 Å². The summed E-state index contributed by atoms with van der Waals surface area (Å²) in [5.41, 5.74) is 2.11. The number of para-hydroxylation sites is 1. The van der Waals surface area contributed by atoms with Crippen LogP contribution in [0.25, 0.3) is 10.9 Å². The van der Waals surface area contributed by atoms with Gasteiger partial charge in [-0.05, 0) is 18.3 Å². The molecule has 0 unspecified atom stereocenters. The van der Waals surface area contributed by atoms with Crippen LogP contribution in [-0.4, -0.2) is 26.1 Å². The summed E-state index contributed by atoms with van der Waals surface area (Å²) in [5, 5.41) is 11.8. The fourth-order valence-corrected chi connectivity index (χ4v) is 1.80. The Hall–Kier alpha value is -2.21. The molecule has 0 spiro atoms. The van der Waals surface area contributed by atoms with Gasteiger partial charge >= 0.3 is 0 Å². The molecule has 6 heteroatoms. The molecule has 2 N–H and O–H groups in total. The Morgan fingerprint density at radius 3 is 3.06 bits per heavy atom. The lowest BCUT2D eigenvalue weighted by atomic mass is 10.2. The van der Waals surface area contributed by atoms with E-state index in [1.54, 1.807) is 6.21 Å². The van der Waals surface area contributed by atoms with Crippen LogP contribution in [0.1, 0.15) is 5.56 Å². The number of H-pyrrole nitrogens is 2. The van der Waals surface area contributed by atoms with Gasteiger partial charge in [-0.15, -0.1) is 0 Å². The number of hydrogen-bond acceptors (Lipinski definition) is 3. The van der Waals surface area contributed by atoms with E-state index >= 15 is 0 Å². The number of aromatic nitrogens is 4. The second-order valence-electron chi connectivity index (χ2n) is 3.54. The SMILES string of the molecule is S=c1[nH]ncn1N=Cc1c[nH]c2ccccc12. The van der Waals surface area contributed by atoms with Crippen molar-refractivity contribution in [1.82, 2.24) is 19.9 Å². The molecule has 0 aliphatic rings. The normalized spacial score (nSPS) is 11.5. The summed E-state index contributed by atoms with van der Waals surface area (Å²) >= 11 is 5.00. The summed E-state index contributed by atoms with van der Waals surface area (Å²) in [7, 11) is 0. The second kappa shape index (κ2) is 3.99. The van der Waals surface area contributed by atoms with Gasteiger partial charge in [-0.25, -0.2) is 0 Å². The molecule has 3 aromatic rings.